The van der Waals surface area contributed by atoms with Gasteiger partial charge in [-0.1, -0.05) is 22.6 Å². The number of halogens is 1. The van der Waals surface area contributed by atoms with E-state index in [1.54, 1.807) is 6.07 Å². The van der Waals surface area contributed by atoms with Crippen molar-refractivity contribution in [3.8, 4) is 6.07 Å². The van der Waals surface area contributed by atoms with Gasteiger partial charge in [0.1, 0.15) is 0 Å². The summed E-state index contributed by atoms with van der Waals surface area (Å²) < 4.78 is -0.139. The van der Waals surface area contributed by atoms with Crippen LogP contribution in [0.1, 0.15) is 13.3 Å². The van der Waals surface area contributed by atoms with Crippen molar-refractivity contribution in [2.24, 2.45) is 0 Å². The molecule has 4 nitrogen and oxygen atoms in total. The zero-order valence-electron chi connectivity index (χ0n) is 5.93. The smallest absolute Gasteiger partial charge is 0.240 e. The fourth-order valence-electron chi connectivity index (χ4n) is 0.522. The van der Waals surface area contributed by atoms with E-state index < -0.39 is 0 Å². The summed E-state index contributed by atoms with van der Waals surface area (Å²) in [4.78, 5) is 20.8. The molecule has 1 aliphatic rings. The number of hydrogen-bond donors (Lipinski definition) is 1. The molecule has 0 bridgehead atoms. The molecular formula is C6H7IN2O2. The first-order valence-corrected chi connectivity index (χ1v) is 4.15. The van der Waals surface area contributed by atoms with Gasteiger partial charge in [-0.15, -0.1) is 0 Å². The summed E-state index contributed by atoms with van der Waals surface area (Å²) in [6, 6.07) is 1.75. The van der Waals surface area contributed by atoms with Crippen molar-refractivity contribution in [3.63, 3.8) is 0 Å². The summed E-state index contributed by atoms with van der Waals surface area (Å²) in [6.45, 7) is 1.43. The van der Waals surface area contributed by atoms with Crippen LogP contribution in [0, 0.1) is 11.3 Å². The number of nitrogens with one attached hydrogen (secondary N) is 1. The molecule has 0 spiro atoms. The molecule has 1 unspecified atom stereocenters. The summed E-state index contributed by atoms with van der Waals surface area (Å²) in [5, 5.41) is 9.50. The predicted molar refractivity (Wildman–Crippen MR) is 46.9 cm³/mol. The van der Waals surface area contributed by atoms with Gasteiger partial charge in [-0.25, -0.2) is 0 Å². The lowest BCUT2D eigenvalue weighted by molar-refractivity contribution is -0.124. The van der Waals surface area contributed by atoms with Gasteiger partial charge in [0.25, 0.3) is 0 Å². The number of nitrogens with zero attached hydrogens (tertiary/aromatic N) is 1. The maximum absolute atomic E-state index is 10.4. The molecule has 1 aliphatic heterocycles. The number of alkyl halides is 1. The molecule has 1 N–H and O–H groups in total. The lowest BCUT2D eigenvalue weighted by Crippen LogP contribution is -2.21. The highest BCUT2D eigenvalue weighted by Crippen LogP contribution is 2.10. The molecule has 1 rings (SSSR count). The number of imide groups is 1. The highest BCUT2D eigenvalue weighted by atomic mass is 127. The molecule has 0 aromatic carbocycles. The van der Waals surface area contributed by atoms with Gasteiger partial charge >= 0.3 is 0 Å². The fourth-order valence-corrected chi connectivity index (χ4v) is 1.08. The highest BCUT2D eigenvalue weighted by Gasteiger charge is 2.27. The molecule has 1 atom stereocenters. The minimum atomic E-state index is -0.158. The molecule has 2 amide bonds. The van der Waals surface area contributed by atoms with E-state index >= 15 is 0 Å². The number of carbonyl (C=O) groups excluding carboxylic acids is 2. The second-order valence-corrected chi connectivity index (χ2v) is 3.31. The van der Waals surface area contributed by atoms with E-state index in [9.17, 15) is 9.59 Å². The Morgan fingerprint density at radius 2 is 2.18 bits per heavy atom. The van der Waals surface area contributed by atoms with Crippen LogP contribution in [0.25, 0.3) is 0 Å². The van der Waals surface area contributed by atoms with Crippen LogP contribution in [0.5, 0.6) is 0 Å². The molecule has 1 fully saturated rings. The van der Waals surface area contributed by atoms with Crippen LogP contribution in [-0.2, 0) is 9.59 Å². The number of nitriles is 1. The monoisotopic (exact) mass is 266 g/mol. The molecule has 1 heterocycles. The average molecular weight is 266 g/mol. The minimum absolute atomic E-state index is 0.139. The Bertz CT molecular complexity index is 209. The fraction of sp³-hybridized carbons (Fsp3) is 0.500. The summed E-state index contributed by atoms with van der Waals surface area (Å²) in [5.74, 6) is -0.315. The van der Waals surface area contributed by atoms with Crippen molar-refractivity contribution in [2.75, 3.05) is 0 Å². The lowest BCUT2D eigenvalue weighted by Gasteiger charge is -1.86. The van der Waals surface area contributed by atoms with Crippen LogP contribution in [0.4, 0.5) is 0 Å². The van der Waals surface area contributed by atoms with E-state index in [2.05, 4.69) is 5.32 Å². The molecule has 5 heteroatoms. The normalized spacial score (nSPS) is 21.4. The van der Waals surface area contributed by atoms with Crippen molar-refractivity contribution >= 4 is 34.4 Å². The SMILES string of the molecule is CC#N.O=C1CC(I)C(=O)N1. The third-order valence-electron chi connectivity index (χ3n) is 0.912. The van der Waals surface area contributed by atoms with Gasteiger partial charge in [0.2, 0.25) is 11.8 Å². The predicted octanol–water partition coefficient (Wildman–Crippen LogP) is 0.366. The van der Waals surface area contributed by atoms with Gasteiger partial charge in [-0.3, -0.25) is 14.9 Å². The molecule has 0 aliphatic carbocycles. The van der Waals surface area contributed by atoms with Crippen LogP contribution in [0.15, 0.2) is 0 Å². The molecular weight excluding hydrogens is 259 g/mol. The Balaban J connectivity index is 0.000000292. The maximum Gasteiger partial charge on any atom is 0.240 e. The molecule has 60 valence electrons. The van der Waals surface area contributed by atoms with Crippen LogP contribution < -0.4 is 5.32 Å². The summed E-state index contributed by atoms with van der Waals surface area (Å²) in [6.07, 6.45) is 0.347. The Hall–Kier alpha value is -0.640. The molecule has 0 aromatic rings. The van der Waals surface area contributed by atoms with Crippen molar-refractivity contribution in [2.45, 2.75) is 17.3 Å². The van der Waals surface area contributed by atoms with Crippen molar-refractivity contribution < 1.29 is 9.59 Å². The standard InChI is InChI=1S/C4H4INO2.C2H3N/c5-2-1-3(7)6-4(2)8;1-2-3/h2H,1H2,(H,6,7,8);1H3. The van der Waals surface area contributed by atoms with Gasteiger partial charge < -0.3 is 0 Å². The number of hydrogen-bond acceptors (Lipinski definition) is 3. The molecule has 0 saturated carbocycles. The third-order valence-corrected chi connectivity index (χ3v) is 1.92. The van der Waals surface area contributed by atoms with Gasteiger partial charge in [-0.2, -0.15) is 5.26 Å². The zero-order chi connectivity index (χ0) is 8.85. The van der Waals surface area contributed by atoms with Crippen LogP contribution in [-0.4, -0.2) is 15.7 Å². The van der Waals surface area contributed by atoms with Crippen molar-refractivity contribution in [1.29, 1.82) is 5.26 Å². The Morgan fingerprint density at radius 3 is 2.27 bits per heavy atom. The minimum Gasteiger partial charge on any atom is -0.295 e. The van der Waals surface area contributed by atoms with Crippen LogP contribution in [0.3, 0.4) is 0 Å². The molecule has 11 heavy (non-hydrogen) atoms. The molecule has 0 aromatic heterocycles. The van der Waals surface area contributed by atoms with Crippen molar-refractivity contribution in [3.05, 3.63) is 0 Å². The van der Waals surface area contributed by atoms with Crippen LogP contribution >= 0.6 is 22.6 Å². The largest absolute Gasteiger partial charge is 0.295 e. The number of amides is 2. The van der Waals surface area contributed by atoms with E-state index in [4.69, 9.17) is 5.26 Å². The Morgan fingerprint density at radius 1 is 1.73 bits per heavy atom. The van der Waals surface area contributed by atoms with E-state index in [-0.39, 0.29) is 15.7 Å². The second-order valence-electron chi connectivity index (χ2n) is 1.81. The topological polar surface area (TPSA) is 70.0 Å². The quantitative estimate of drug-likeness (QED) is 0.391. The van der Waals surface area contributed by atoms with Gasteiger partial charge in [0.05, 0.1) is 9.99 Å². The summed E-state index contributed by atoms with van der Waals surface area (Å²) in [7, 11) is 0. The molecule has 1 saturated heterocycles. The van der Waals surface area contributed by atoms with E-state index in [1.807, 2.05) is 22.6 Å². The molecule has 0 radical (unpaired) electrons. The first kappa shape index (κ1) is 10.4. The first-order valence-electron chi connectivity index (χ1n) is 2.90. The first-order chi connectivity index (χ1) is 5.11. The summed E-state index contributed by atoms with van der Waals surface area (Å²) in [5.41, 5.74) is 0. The van der Waals surface area contributed by atoms with Gasteiger partial charge in [-0.05, 0) is 0 Å². The summed E-state index contributed by atoms with van der Waals surface area (Å²) >= 11 is 1.94. The van der Waals surface area contributed by atoms with E-state index in [0.29, 0.717) is 6.42 Å². The average Bonchev–Trinajstić information content (AvgIpc) is 2.12. The third kappa shape index (κ3) is 3.93. The Kier molecular flexibility index (Phi) is 4.77. The lowest BCUT2D eigenvalue weighted by atomic mass is 10.4. The van der Waals surface area contributed by atoms with Crippen molar-refractivity contribution in [1.82, 2.24) is 5.32 Å². The van der Waals surface area contributed by atoms with E-state index in [0.717, 1.165) is 0 Å². The van der Waals surface area contributed by atoms with Crippen LogP contribution in [0.2, 0.25) is 0 Å². The Labute approximate surface area is 78.1 Å². The number of rotatable bonds is 0. The maximum atomic E-state index is 10.4. The highest BCUT2D eigenvalue weighted by molar-refractivity contribution is 14.1. The number of carbonyl (C=O) groups is 2. The van der Waals surface area contributed by atoms with Gasteiger partial charge in [0.15, 0.2) is 0 Å². The second kappa shape index (κ2) is 5.07. The van der Waals surface area contributed by atoms with Gasteiger partial charge in [0, 0.05) is 13.3 Å². The zero-order valence-corrected chi connectivity index (χ0v) is 8.08. The van der Waals surface area contributed by atoms with E-state index in [1.165, 1.54) is 6.92 Å².